The van der Waals surface area contributed by atoms with E-state index >= 15 is 0 Å². The van der Waals surface area contributed by atoms with Crippen LogP contribution in [0.5, 0.6) is 0 Å². The Morgan fingerprint density at radius 1 is 1.29 bits per heavy atom. The fourth-order valence-corrected chi connectivity index (χ4v) is 3.49. The van der Waals surface area contributed by atoms with Crippen LogP contribution in [-0.2, 0) is 6.54 Å². The molecule has 4 rings (SSSR count). The number of aromatic nitrogens is 7. The number of aryl methyl sites for hydroxylation is 1. The number of hydrogen-bond donors (Lipinski definition) is 1. The van der Waals surface area contributed by atoms with Gasteiger partial charge in [0.25, 0.3) is 0 Å². The summed E-state index contributed by atoms with van der Waals surface area (Å²) in [7, 11) is 0. The fourth-order valence-electron chi connectivity index (χ4n) is 2.47. The Bertz CT molecular complexity index is 959. The minimum Gasteiger partial charge on any atom is -0.338 e. The largest absolute Gasteiger partial charge is 0.338 e. The van der Waals surface area contributed by atoms with Crippen LogP contribution >= 0.6 is 11.8 Å². The Labute approximate surface area is 141 Å². The average molecular weight is 341 g/mol. The molecule has 1 N–H and O–H groups in total. The summed E-state index contributed by atoms with van der Waals surface area (Å²) in [5.74, 6) is 1.42. The molecule has 3 aromatic heterocycles. The topological polar surface area (TPSA) is 98.3 Å². The Balaban J connectivity index is 1.61. The van der Waals surface area contributed by atoms with Gasteiger partial charge in [0.05, 0.1) is 16.3 Å². The summed E-state index contributed by atoms with van der Waals surface area (Å²) in [6.07, 6.45) is 1.41. The van der Waals surface area contributed by atoms with E-state index in [4.69, 9.17) is 9.51 Å². The number of benzene rings is 1. The summed E-state index contributed by atoms with van der Waals surface area (Å²) in [5, 5.41) is 11.4. The number of para-hydroxylation sites is 2. The molecule has 0 aliphatic rings. The zero-order chi connectivity index (χ0) is 16.5. The van der Waals surface area contributed by atoms with Crippen molar-refractivity contribution in [1.29, 1.82) is 0 Å². The molecule has 4 aromatic rings. The van der Waals surface area contributed by atoms with Crippen LogP contribution < -0.4 is 0 Å². The van der Waals surface area contributed by atoms with Crippen molar-refractivity contribution < 1.29 is 4.52 Å². The maximum atomic E-state index is 5.36. The van der Waals surface area contributed by atoms with E-state index in [0.29, 0.717) is 17.5 Å². The van der Waals surface area contributed by atoms with Crippen LogP contribution in [0.15, 0.2) is 40.3 Å². The first-order chi connectivity index (χ1) is 11.8. The van der Waals surface area contributed by atoms with Crippen molar-refractivity contribution >= 4 is 22.8 Å². The number of nitrogens with one attached hydrogen (secondary N) is 1. The quantitative estimate of drug-likeness (QED) is 0.557. The first-order valence-electron chi connectivity index (χ1n) is 7.57. The zero-order valence-electron chi connectivity index (χ0n) is 13.2. The van der Waals surface area contributed by atoms with Crippen molar-refractivity contribution in [2.75, 3.05) is 0 Å². The van der Waals surface area contributed by atoms with Crippen LogP contribution in [0.3, 0.4) is 0 Å². The van der Waals surface area contributed by atoms with Gasteiger partial charge >= 0.3 is 0 Å². The maximum Gasteiger partial charge on any atom is 0.240 e. The average Bonchev–Trinajstić information content (AvgIpc) is 3.33. The molecular weight excluding hydrogens is 326 g/mol. The number of rotatable bonds is 5. The molecule has 1 aromatic carbocycles. The highest BCUT2D eigenvalue weighted by Gasteiger charge is 2.20. The van der Waals surface area contributed by atoms with E-state index in [0.717, 1.165) is 22.7 Å². The number of H-pyrrole nitrogens is 1. The number of thioether (sulfide) groups is 1. The monoisotopic (exact) mass is 341 g/mol. The summed E-state index contributed by atoms with van der Waals surface area (Å²) in [5.41, 5.74) is 2.12. The molecule has 0 saturated heterocycles. The van der Waals surface area contributed by atoms with Crippen molar-refractivity contribution in [2.45, 2.75) is 30.8 Å². The van der Waals surface area contributed by atoms with Crippen molar-refractivity contribution in [3.8, 4) is 11.6 Å². The molecule has 0 aliphatic carbocycles. The van der Waals surface area contributed by atoms with Gasteiger partial charge in [0.1, 0.15) is 6.33 Å². The number of hydrogen-bond acceptors (Lipinski definition) is 7. The van der Waals surface area contributed by atoms with E-state index in [2.05, 4.69) is 42.9 Å². The zero-order valence-corrected chi connectivity index (χ0v) is 14.0. The van der Waals surface area contributed by atoms with Gasteiger partial charge in [0.15, 0.2) is 11.0 Å². The maximum absolute atomic E-state index is 5.36. The van der Waals surface area contributed by atoms with E-state index < -0.39 is 0 Å². The second-order valence-corrected chi connectivity index (χ2v) is 6.49. The number of nitrogens with zero attached hydrogens (tertiary/aromatic N) is 6. The molecular formula is C15H15N7OS. The highest BCUT2D eigenvalue weighted by Crippen LogP contribution is 2.35. The molecule has 9 heteroatoms. The van der Waals surface area contributed by atoms with E-state index in [1.807, 2.05) is 25.1 Å². The lowest BCUT2D eigenvalue weighted by molar-refractivity contribution is 0.380. The standard InChI is InChI=1S/C15H15N7OS/c1-3-22-11-7-5-4-6-10(11)18-15(22)24-9(2)14-19-13(21-23-14)12-16-8-17-20-12/h4-9H,3H2,1-2H3,(H,16,17,20)/t9-/m0/s1. The molecule has 0 fully saturated rings. The van der Waals surface area contributed by atoms with E-state index in [9.17, 15) is 0 Å². The Morgan fingerprint density at radius 2 is 2.17 bits per heavy atom. The molecule has 0 aliphatic heterocycles. The van der Waals surface area contributed by atoms with E-state index in [1.54, 1.807) is 11.8 Å². The van der Waals surface area contributed by atoms with Crippen LogP contribution in [0.25, 0.3) is 22.7 Å². The highest BCUT2D eigenvalue weighted by atomic mass is 32.2. The van der Waals surface area contributed by atoms with Gasteiger partial charge in [-0.3, -0.25) is 5.10 Å². The Hall–Kier alpha value is -2.68. The molecule has 0 amide bonds. The normalized spacial score (nSPS) is 12.8. The van der Waals surface area contributed by atoms with Crippen molar-refractivity contribution in [3.05, 3.63) is 36.5 Å². The number of aromatic amines is 1. The SMILES string of the molecule is CCn1c(S[C@@H](C)c2nc(-c3ncn[nH]3)no2)nc2ccccc21. The van der Waals surface area contributed by atoms with Crippen molar-refractivity contribution in [3.63, 3.8) is 0 Å². The van der Waals surface area contributed by atoms with Gasteiger partial charge in [0, 0.05) is 6.54 Å². The van der Waals surface area contributed by atoms with Gasteiger partial charge in [-0.25, -0.2) is 9.97 Å². The predicted molar refractivity (Wildman–Crippen MR) is 89.4 cm³/mol. The van der Waals surface area contributed by atoms with Crippen molar-refractivity contribution in [2.24, 2.45) is 0 Å². The molecule has 0 spiro atoms. The Kier molecular flexibility index (Phi) is 3.77. The van der Waals surface area contributed by atoms with Gasteiger partial charge in [-0.2, -0.15) is 10.1 Å². The number of imidazole rings is 1. The molecule has 1 atom stereocenters. The second-order valence-electron chi connectivity index (χ2n) is 5.18. The predicted octanol–water partition coefficient (Wildman–Crippen LogP) is 3.08. The molecule has 0 unspecified atom stereocenters. The summed E-state index contributed by atoms with van der Waals surface area (Å²) in [6, 6.07) is 8.12. The fraction of sp³-hybridized carbons (Fsp3) is 0.267. The molecule has 0 radical (unpaired) electrons. The lowest BCUT2D eigenvalue weighted by atomic mass is 10.3. The summed E-state index contributed by atoms with van der Waals surface area (Å²) in [6.45, 7) is 4.97. The second kappa shape index (κ2) is 6.08. The van der Waals surface area contributed by atoms with Gasteiger partial charge in [-0.15, -0.1) is 0 Å². The van der Waals surface area contributed by atoms with Crippen LogP contribution in [0.4, 0.5) is 0 Å². The van der Waals surface area contributed by atoms with Crippen LogP contribution in [0, 0.1) is 0 Å². The van der Waals surface area contributed by atoms with Crippen LogP contribution in [0.1, 0.15) is 25.0 Å². The first-order valence-corrected chi connectivity index (χ1v) is 8.45. The highest BCUT2D eigenvalue weighted by molar-refractivity contribution is 7.99. The first kappa shape index (κ1) is 14.9. The third kappa shape index (κ3) is 2.56. The lowest BCUT2D eigenvalue weighted by Crippen LogP contribution is -1.98. The Morgan fingerprint density at radius 3 is 2.96 bits per heavy atom. The van der Waals surface area contributed by atoms with E-state index in [-0.39, 0.29) is 5.25 Å². The van der Waals surface area contributed by atoms with Crippen molar-refractivity contribution in [1.82, 2.24) is 34.9 Å². The van der Waals surface area contributed by atoms with Gasteiger partial charge in [0.2, 0.25) is 11.7 Å². The van der Waals surface area contributed by atoms with E-state index in [1.165, 1.54) is 6.33 Å². The molecule has 8 nitrogen and oxygen atoms in total. The summed E-state index contributed by atoms with van der Waals surface area (Å²) < 4.78 is 7.55. The molecule has 122 valence electrons. The smallest absolute Gasteiger partial charge is 0.240 e. The molecule has 0 bridgehead atoms. The third-order valence-electron chi connectivity index (χ3n) is 3.63. The van der Waals surface area contributed by atoms with Gasteiger partial charge in [-0.05, 0) is 26.0 Å². The number of fused-ring (bicyclic) bond motifs is 1. The lowest BCUT2D eigenvalue weighted by Gasteiger charge is -2.08. The van der Waals surface area contributed by atoms with Gasteiger partial charge < -0.3 is 9.09 Å². The molecule has 24 heavy (non-hydrogen) atoms. The summed E-state index contributed by atoms with van der Waals surface area (Å²) in [4.78, 5) is 13.1. The minimum absolute atomic E-state index is 0.0312. The molecule has 3 heterocycles. The summed E-state index contributed by atoms with van der Waals surface area (Å²) >= 11 is 1.59. The van der Waals surface area contributed by atoms with Crippen LogP contribution in [-0.4, -0.2) is 34.9 Å². The van der Waals surface area contributed by atoms with Crippen LogP contribution in [0.2, 0.25) is 0 Å². The molecule has 0 saturated carbocycles. The van der Waals surface area contributed by atoms with Gasteiger partial charge in [-0.1, -0.05) is 29.1 Å². The third-order valence-corrected chi connectivity index (χ3v) is 4.71. The minimum atomic E-state index is -0.0312.